The first kappa shape index (κ1) is 6.75. The number of hydrogen-bond acceptors (Lipinski definition) is 2. The molecule has 1 heterocycles. The molecular formula is C7H12O2. The van der Waals surface area contributed by atoms with E-state index in [0.717, 1.165) is 12.8 Å². The molecule has 0 bridgehead atoms. The van der Waals surface area contributed by atoms with E-state index in [4.69, 9.17) is 4.74 Å². The van der Waals surface area contributed by atoms with Gasteiger partial charge in [-0.3, -0.25) is 4.79 Å². The van der Waals surface area contributed by atoms with E-state index in [1.165, 1.54) is 0 Å². The Labute approximate surface area is 55.2 Å². The highest BCUT2D eigenvalue weighted by atomic mass is 16.5. The Balaban J connectivity index is 2.31. The van der Waals surface area contributed by atoms with Crippen molar-refractivity contribution >= 4 is 5.78 Å². The summed E-state index contributed by atoms with van der Waals surface area (Å²) >= 11 is 0. The van der Waals surface area contributed by atoms with Crippen LogP contribution in [-0.4, -0.2) is 18.5 Å². The molecule has 0 aliphatic carbocycles. The quantitative estimate of drug-likeness (QED) is 0.557. The first-order valence-corrected chi connectivity index (χ1v) is 3.49. The van der Waals surface area contributed by atoms with Crippen LogP contribution in [-0.2, 0) is 9.53 Å². The van der Waals surface area contributed by atoms with Crippen molar-refractivity contribution in [2.45, 2.75) is 32.3 Å². The lowest BCUT2D eigenvalue weighted by Crippen LogP contribution is -2.13. The zero-order valence-electron chi connectivity index (χ0n) is 5.72. The molecule has 0 saturated carbocycles. The molecule has 0 spiro atoms. The van der Waals surface area contributed by atoms with Crippen LogP contribution >= 0.6 is 0 Å². The average molecular weight is 128 g/mol. The summed E-state index contributed by atoms with van der Waals surface area (Å²) in [7, 11) is 0. The second kappa shape index (κ2) is 2.97. The Morgan fingerprint density at radius 2 is 2.56 bits per heavy atom. The van der Waals surface area contributed by atoms with Gasteiger partial charge < -0.3 is 4.74 Å². The molecule has 0 N–H and O–H groups in total. The summed E-state index contributed by atoms with van der Waals surface area (Å²) < 4.78 is 5.16. The van der Waals surface area contributed by atoms with E-state index in [2.05, 4.69) is 6.92 Å². The molecule has 2 nitrogen and oxygen atoms in total. The molecule has 2 heteroatoms. The predicted octanol–water partition coefficient (Wildman–Crippen LogP) is 1.14. The van der Waals surface area contributed by atoms with Gasteiger partial charge in [0.1, 0.15) is 6.10 Å². The van der Waals surface area contributed by atoms with Gasteiger partial charge in [-0.2, -0.15) is 0 Å². The third kappa shape index (κ3) is 1.52. The molecular weight excluding hydrogens is 116 g/mol. The standard InChI is InChI=1S/C7H12O2/c1-2-3-7-6(8)4-5-9-7/h7H,2-5H2,1H3. The number of carbonyl (C=O) groups is 1. The molecule has 9 heavy (non-hydrogen) atoms. The fraction of sp³-hybridized carbons (Fsp3) is 0.857. The van der Waals surface area contributed by atoms with Crippen molar-refractivity contribution in [1.82, 2.24) is 0 Å². The van der Waals surface area contributed by atoms with Gasteiger partial charge >= 0.3 is 0 Å². The number of Topliss-reactive ketones (excluding diaryl/α,β-unsaturated/α-hetero) is 1. The number of rotatable bonds is 2. The Hall–Kier alpha value is -0.370. The van der Waals surface area contributed by atoms with Gasteiger partial charge in [0, 0.05) is 6.42 Å². The van der Waals surface area contributed by atoms with E-state index < -0.39 is 0 Å². The maximum atomic E-state index is 10.8. The molecule has 1 rings (SSSR count). The highest BCUT2D eigenvalue weighted by Crippen LogP contribution is 2.12. The monoisotopic (exact) mass is 128 g/mol. The Bertz CT molecular complexity index is 109. The van der Waals surface area contributed by atoms with Crippen LogP contribution in [0.15, 0.2) is 0 Å². The van der Waals surface area contributed by atoms with E-state index in [1.54, 1.807) is 0 Å². The summed E-state index contributed by atoms with van der Waals surface area (Å²) in [4.78, 5) is 10.8. The minimum Gasteiger partial charge on any atom is -0.370 e. The molecule has 0 radical (unpaired) electrons. The molecule has 1 aliphatic heterocycles. The molecule has 1 unspecified atom stereocenters. The molecule has 0 aromatic rings. The molecule has 52 valence electrons. The van der Waals surface area contributed by atoms with Gasteiger partial charge in [-0.1, -0.05) is 13.3 Å². The van der Waals surface area contributed by atoms with Crippen LogP contribution in [0.5, 0.6) is 0 Å². The van der Waals surface area contributed by atoms with Crippen LogP contribution < -0.4 is 0 Å². The SMILES string of the molecule is CCCC1OCCC1=O. The molecule has 0 amide bonds. The lowest BCUT2D eigenvalue weighted by molar-refractivity contribution is -0.122. The third-order valence-corrected chi connectivity index (χ3v) is 1.58. The van der Waals surface area contributed by atoms with Crippen LogP contribution in [0.3, 0.4) is 0 Å². The van der Waals surface area contributed by atoms with E-state index >= 15 is 0 Å². The van der Waals surface area contributed by atoms with Crippen LogP contribution in [0, 0.1) is 0 Å². The number of hydrogen-bond donors (Lipinski definition) is 0. The molecule has 0 aromatic carbocycles. The topological polar surface area (TPSA) is 26.3 Å². The average Bonchev–Trinajstić information content (AvgIpc) is 2.18. The van der Waals surface area contributed by atoms with Gasteiger partial charge in [-0.25, -0.2) is 0 Å². The van der Waals surface area contributed by atoms with Gasteiger partial charge in [0.2, 0.25) is 0 Å². The van der Waals surface area contributed by atoms with E-state index in [0.29, 0.717) is 13.0 Å². The number of ether oxygens (including phenoxy) is 1. The van der Waals surface area contributed by atoms with E-state index in [-0.39, 0.29) is 11.9 Å². The van der Waals surface area contributed by atoms with E-state index in [1.807, 2.05) is 0 Å². The van der Waals surface area contributed by atoms with Gasteiger partial charge in [0.15, 0.2) is 5.78 Å². The van der Waals surface area contributed by atoms with Crippen molar-refractivity contribution in [1.29, 1.82) is 0 Å². The first-order chi connectivity index (χ1) is 4.34. The largest absolute Gasteiger partial charge is 0.370 e. The molecule has 1 saturated heterocycles. The summed E-state index contributed by atoms with van der Waals surface area (Å²) in [6.07, 6.45) is 2.51. The fourth-order valence-electron chi connectivity index (χ4n) is 1.06. The molecule has 0 aromatic heterocycles. The van der Waals surface area contributed by atoms with Crippen LogP contribution in [0.1, 0.15) is 26.2 Å². The van der Waals surface area contributed by atoms with Crippen LogP contribution in [0.2, 0.25) is 0 Å². The maximum Gasteiger partial charge on any atom is 0.163 e. The zero-order chi connectivity index (χ0) is 6.69. The van der Waals surface area contributed by atoms with Gasteiger partial charge in [-0.15, -0.1) is 0 Å². The van der Waals surface area contributed by atoms with E-state index in [9.17, 15) is 4.79 Å². The Morgan fingerprint density at radius 3 is 3.00 bits per heavy atom. The Morgan fingerprint density at radius 1 is 1.78 bits per heavy atom. The molecule has 1 atom stereocenters. The maximum absolute atomic E-state index is 10.8. The summed E-state index contributed by atoms with van der Waals surface area (Å²) in [6, 6.07) is 0. The zero-order valence-corrected chi connectivity index (χ0v) is 5.72. The Kier molecular flexibility index (Phi) is 2.22. The normalized spacial score (nSPS) is 27.2. The summed E-state index contributed by atoms with van der Waals surface area (Å²) in [5.41, 5.74) is 0. The van der Waals surface area contributed by atoms with Crippen molar-refractivity contribution in [2.75, 3.05) is 6.61 Å². The lowest BCUT2D eigenvalue weighted by atomic mass is 10.1. The minimum atomic E-state index is -0.0602. The summed E-state index contributed by atoms with van der Waals surface area (Å²) in [5.74, 6) is 0.289. The fourth-order valence-corrected chi connectivity index (χ4v) is 1.06. The third-order valence-electron chi connectivity index (χ3n) is 1.58. The minimum absolute atomic E-state index is 0.0602. The summed E-state index contributed by atoms with van der Waals surface area (Å²) in [6.45, 7) is 2.71. The smallest absolute Gasteiger partial charge is 0.163 e. The van der Waals surface area contributed by atoms with Gasteiger partial charge in [-0.05, 0) is 6.42 Å². The van der Waals surface area contributed by atoms with Crippen molar-refractivity contribution in [3.8, 4) is 0 Å². The van der Waals surface area contributed by atoms with Crippen LogP contribution in [0.4, 0.5) is 0 Å². The highest BCUT2D eigenvalue weighted by Gasteiger charge is 2.23. The number of ketones is 1. The van der Waals surface area contributed by atoms with Crippen molar-refractivity contribution in [3.05, 3.63) is 0 Å². The first-order valence-electron chi connectivity index (χ1n) is 3.49. The van der Waals surface area contributed by atoms with Gasteiger partial charge in [0.05, 0.1) is 6.61 Å². The number of carbonyl (C=O) groups excluding carboxylic acids is 1. The molecule has 1 aliphatic rings. The summed E-state index contributed by atoms with van der Waals surface area (Å²) in [5, 5.41) is 0. The van der Waals surface area contributed by atoms with Crippen LogP contribution in [0.25, 0.3) is 0 Å². The highest BCUT2D eigenvalue weighted by molar-refractivity contribution is 5.84. The second-order valence-electron chi connectivity index (χ2n) is 2.36. The second-order valence-corrected chi connectivity index (χ2v) is 2.36. The van der Waals surface area contributed by atoms with Gasteiger partial charge in [0.25, 0.3) is 0 Å². The lowest BCUT2D eigenvalue weighted by Gasteiger charge is -2.03. The van der Waals surface area contributed by atoms with Crippen molar-refractivity contribution in [2.24, 2.45) is 0 Å². The predicted molar refractivity (Wildman–Crippen MR) is 34.3 cm³/mol. The molecule has 1 fully saturated rings. The van der Waals surface area contributed by atoms with Crippen molar-refractivity contribution in [3.63, 3.8) is 0 Å². The van der Waals surface area contributed by atoms with Crippen molar-refractivity contribution < 1.29 is 9.53 Å².